The average molecular weight is 440 g/mol. The lowest BCUT2D eigenvalue weighted by Crippen LogP contribution is -2.29. The molecule has 0 atom stereocenters. The molecule has 3 aromatic rings. The summed E-state index contributed by atoms with van der Waals surface area (Å²) in [4.78, 5) is 14.7. The SMILES string of the molecule is Cc1ccc(Nc2nnc(SCC(=O)Nc3ccc(N4CCCCC4)cc3)s2)cc1. The predicted molar refractivity (Wildman–Crippen MR) is 126 cm³/mol. The molecule has 1 aromatic heterocycles. The molecule has 6 nitrogen and oxygen atoms in total. The van der Waals surface area contributed by atoms with Crippen LogP contribution in [0.5, 0.6) is 0 Å². The Kier molecular flexibility index (Phi) is 6.86. The van der Waals surface area contributed by atoms with E-state index in [0.717, 1.165) is 33.9 Å². The zero-order valence-corrected chi connectivity index (χ0v) is 18.6. The quantitative estimate of drug-likeness (QED) is 0.486. The average Bonchev–Trinajstić information content (AvgIpc) is 3.22. The lowest BCUT2D eigenvalue weighted by atomic mass is 10.1. The van der Waals surface area contributed by atoms with Crippen LogP contribution >= 0.6 is 23.1 Å². The van der Waals surface area contributed by atoms with Crippen molar-refractivity contribution in [1.29, 1.82) is 0 Å². The molecule has 1 fully saturated rings. The van der Waals surface area contributed by atoms with Crippen molar-refractivity contribution in [3.63, 3.8) is 0 Å². The summed E-state index contributed by atoms with van der Waals surface area (Å²) in [6.07, 6.45) is 3.83. The fourth-order valence-corrected chi connectivity index (χ4v) is 4.88. The number of thioether (sulfide) groups is 1. The van der Waals surface area contributed by atoms with Gasteiger partial charge in [0.2, 0.25) is 11.0 Å². The van der Waals surface area contributed by atoms with Gasteiger partial charge in [-0.2, -0.15) is 0 Å². The molecule has 0 aliphatic carbocycles. The fourth-order valence-electron chi connectivity index (χ4n) is 3.31. The van der Waals surface area contributed by atoms with Gasteiger partial charge in [0.05, 0.1) is 5.75 Å². The molecule has 2 aromatic carbocycles. The van der Waals surface area contributed by atoms with Gasteiger partial charge in [0.15, 0.2) is 4.34 Å². The Morgan fingerprint density at radius 3 is 2.43 bits per heavy atom. The highest BCUT2D eigenvalue weighted by Gasteiger charge is 2.12. The minimum atomic E-state index is -0.0473. The molecule has 0 saturated carbocycles. The summed E-state index contributed by atoms with van der Waals surface area (Å²) in [6.45, 7) is 4.29. The van der Waals surface area contributed by atoms with Crippen LogP contribution in [0.15, 0.2) is 52.9 Å². The summed E-state index contributed by atoms with van der Waals surface area (Å²) in [5.74, 6) is 0.251. The number of carbonyl (C=O) groups is 1. The molecule has 0 radical (unpaired) electrons. The molecule has 4 rings (SSSR count). The van der Waals surface area contributed by atoms with Crippen molar-refractivity contribution in [3.05, 3.63) is 54.1 Å². The summed E-state index contributed by atoms with van der Waals surface area (Å²) in [5, 5.41) is 15.2. The summed E-state index contributed by atoms with van der Waals surface area (Å²) in [7, 11) is 0. The maximum atomic E-state index is 12.3. The topological polar surface area (TPSA) is 70.1 Å². The highest BCUT2D eigenvalue weighted by Crippen LogP contribution is 2.28. The first kappa shape index (κ1) is 20.7. The number of anilines is 4. The lowest BCUT2D eigenvalue weighted by Gasteiger charge is -2.28. The van der Waals surface area contributed by atoms with Gasteiger partial charge in [-0.15, -0.1) is 10.2 Å². The number of nitrogens with one attached hydrogen (secondary N) is 2. The molecule has 1 saturated heterocycles. The molecule has 0 unspecified atom stereocenters. The van der Waals surface area contributed by atoms with Crippen LogP contribution in [0.1, 0.15) is 24.8 Å². The number of aryl methyl sites for hydroxylation is 1. The van der Waals surface area contributed by atoms with Gasteiger partial charge in [-0.25, -0.2) is 0 Å². The number of rotatable bonds is 7. The Hall–Kier alpha value is -2.58. The van der Waals surface area contributed by atoms with E-state index < -0.39 is 0 Å². The van der Waals surface area contributed by atoms with E-state index in [-0.39, 0.29) is 5.91 Å². The van der Waals surface area contributed by atoms with E-state index in [1.54, 1.807) is 0 Å². The number of benzene rings is 2. The van der Waals surface area contributed by atoms with Crippen LogP contribution in [0.4, 0.5) is 22.2 Å². The van der Waals surface area contributed by atoms with Crippen molar-refractivity contribution in [2.24, 2.45) is 0 Å². The molecule has 1 aliphatic heterocycles. The van der Waals surface area contributed by atoms with Gasteiger partial charge in [0.1, 0.15) is 0 Å². The first-order valence-corrected chi connectivity index (χ1v) is 11.9. The molecule has 1 amide bonds. The Labute approximate surface area is 185 Å². The van der Waals surface area contributed by atoms with Crippen molar-refractivity contribution in [2.45, 2.75) is 30.5 Å². The first-order valence-electron chi connectivity index (χ1n) is 10.1. The third-order valence-corrected chi connectivity index (χ3v) is 6.88. The lowest BCUT2D eigenvalue weighted by molar-refractivity contribution is -0.113. The van der Waals surface area contributed by atoms with E-state index in [4.69, 9.17) is 0 Å². The Balaban J connectivity index is 1.24. The molecule has 2 heterocycles. The van der Waals surface area contributed by atoms with Gasteiger partial charge in [0.25, 0.3) is 0 Å². The van der Waals surface area contributed by atoms with Crippen LogP contribution in [-0.4, -0.2) is 34.9 Å². The van der Waals surface area contributed by atoms with Crippen molar-refractivity contribution in [2.75, 3.05) is 34.4 Å². The maximum Gasteiger partial charge on any atom is 0.234 e. The highest BCUT2D eigenvalue weighted by molar-refractivity contribution is 8.01. The van der Waals surface area contributed by atoms with E-state index in [1.807, 2.05) is 36.4 Å². The molecule has 1 aliphatic rings. The third-order valence-electron chi connectivity index (χ3n) is 4.91. The van der Waals surface area contributed by atoms with Gasteiger partial charge in [0, 0.05) is 30.2 Å². The molecular formula is C22H25N5OS2. The second-order valence-corrected chi connectivity index (χ2v) is 9.50. The van der Waals surface area contributed by atoms with E-state index in [1.165, 1.54) is 53.6 Å². The van der Waals surface area contributed by atoms with Gasteiger partial charge in [-0.1, -0.05) is 40.8 Å². The number of carbonyl (C=O) groups excluding carboxylic acids is 1. The second kappa shape index (κ2) is 9.95. The number of amides is 1. The number of nitrogens with zero attached hydrogens (tertiary/aromatic N) is 3. The largest absolute Gasteiger partial charge is 0.372 e. The Morgan fingerprint density at radius 2 is 1.70 bits per heavy atom. The summed E-state index contributed by atoms with van der Waals surface area (Å²) in [6, 6.07) is 16.2. The van der Waals surface area contributed by atoms with Crippen LogP contribution in [-0.2, 0) is 4.79 Å². The van der Waals surface area contributed by atoms with Gasteiger partial charge in [-0.05, 0) is 62.6 Å². The minimum Gasteiger partial charge on any atom is -0.372 e. The van der Waals surface area contributed by atoms with Crippen molar-refractivity contribution >= 4 is 51.2 Å². The van der Waals surface area contributed by atoms with Gasteiger partial charge in [-0.3, -0.25) is 4.79 Å². The van der Waals surface area contributed by atoms with E-state index in [9.17, 15) is 4.79 Å². The van der Waals surface area contributed by atoms with E-state index in [2.05, 4.69) is 44.8 Å². The summed E-state index contributed by atoms with van der Waals surface area (Å²) in [5.41, 5.74) is 4.23. The molecular weight excluding hydrogens is 414 g/mol. The number of hydrogen-bond acceptors (Lipinski definition) is 7. The Morgan fingerprint density at radius 1 is 1.00 bits per heavy atom. The highest BCUT2D eigenvalue weighted by atomic mass is 32.2. The van der Waals surface area contributed by atoms with E-state index >= 15 is 0 Å². The van der Waals surface area contributed by atoms with Gasteiger partial charge < -0.3 is 15.5 Å². The number of hydrogen-bond donors (Lipinski definition) is 2. The predicted octanol–water partition coefficient (Wildman–Crippen LogP) is 5.31. The zero-order chi connectivity index (χ0) is 20.8. The summed E-state index contributed by atoms with van der Waals surface area (Å²) < 4.78 is 0.764. The standard InChI is InChI=1S/C22H25N5OS2/c1-16-5-7-18(8-6-16)24-21-25-26-22(30-21)29-15-20(28)23-17-9-11-19(12-10-17)27-13-3-2-4-14-27/h5-12H,2-4,13-15H2,1H3,(H,23,28)(H,24,25). The summed E-state index contributed by atoms with van der Waals surface area (Å²) >= 11 is 2.83. The van der Waals surface area contributed by atoms with Crippen molar-refractivity contribution in [3.8, 4) is 0 Å². The first-order chi connectivity index (χ1) is 14.7. The number of piperidine rings is 1. The van der Waals surface area contributed by atoms with Crippen molar-refractivity contribution in [1.82, 2.24) is 10.2 Å². The van der Waals surface area contributed by atoms with Crippen LogP contribution in [0.2, 0.25) is 0 Å². The fraction of sp³-hybridized carbons (Fsp3) is 0.318. The molecule has 2 N–H and O–H groups in total. The molecule has 0 spiro atoms. The van der Waals surface area contributed by atoms with Gasteiger partial charge >= 0.3 is 0 Å². The maximum absolute atomic E-state index is 12.3. The monoisotopic (exact) mass is 439 g/mol. The van der Waals surface area contributed by atoms with Crippen LogP contribution in [0.25, 0.3) is 0 Å². The Bertz CT molecular complexity index is 966. The zero-order valence-electron chi connectivity index (χ0n) is 16.9. The van der Waals surface area contributed by atoms with E-state index in [0.29, 0.717) is 5.75 Å². The smallest absolute Gasteiger partial charge is 0.234 e. The van der Waals surface area contributed by atoms with Crippen LogP contribution < -0.4 is 15.5 Å². The van der Waals surface area contributed by atoms with Crippen molar-refractivity contribution < 1.29 is 4.79 Å². The minimum absolute atomic E-state index is 0.0473. The third kappa shape index (κ3) is 5.73. The van der Waals surface area contributed by atoms with Crippen LogP contribution in [0.3, 0.4) is 0 Å². The molecule has 0 bridgehead atoms. The molecule has 156 valence electrons. The van der Waals surface area contributed by atoms with Crippen LogP contribution in [0, 0.1) is 6.92 Å². The number of aromatic nitrogens is 2. The normalized spacial score (nSPS) is 13.8. The second-order valence-electron chi connectivity index (χ2n) is 7.30. The molecule has 30 heavy (non-hydrogen) atoms. The molecule has 8 heteroatoms.